The van der Waals surface area contributed by atoms with Crippen molar-refractivity contribution in [2.75, 3.05) is 5.32 Å². The van der Waals surface area contributed by atoms with E-state index in [9.17, 15) is 10.1 Å². The van der Waals surface area contributed by atoms with Crippen molar-refractivity contribution in [2.24, 2.45) is 0 Å². The number of nitrogens with one attached hydrogen (secondary N) is 1. The van der Waals surface area contributed by atoms with Crippen molar-refractivity contribution >= 4 is 34.5 Å². The first-order chi connectivity index (χ1) is 12.2. The number of anilines is 1. The van der Waals surface area contributed by atoms with Crippen LogP contribution in [0.2, 0.25) is 5.02 Å². The summed E-state index contributed by atoms with van der Waals surface area (Å²) in [6.45, 7) is 0. The Balaban J connectivity index is 1.76. The quantitative estimate of drug-likeness (QED) is 0.671. The van der Waals surface area contributed by atoms with Gasteiger partial charge in [-0.2, -0.15) is 5.26 Å². The van der Waals surface area contributed by atoms with E-state index in [1.807, 2.05) is 47.8 Å². The summed E-state index contributed by atoms with van der Waals surface area (Å²) in [5.74, 6) is -0.532. The van der Waals surface area contributed by atoms with Crippen molar-refractivity contribution in [3.05, 3.63) is 87.1 Å². The Labute approximate surface area is 155 Å². The molecule has 5 heteroatoms. The van der Waals surface area contributed by atoms with Gasteiger partial charge in [0, 0.05) is 15.6 Å². The molecule has 3 nitrogen and oxygen atoms in total. The molecular formula is C20H15ClN2OS. The van der Waals surface area contributed by atoms with E-state index < -0.39 is 5.92 Å². The Bertz CT molecular complexity index is 901. The maximum Gasteiger partial charge on any atom is 0.229 e. The molecule has 1 atom stereocenters. The van der Waals surface area contributed by atoms with Gasteiger partial charge in [-0.1, -0.05) is 54.1 Å². The third-order valence-corrected chi connectivity index (χ3v) is 4.98. The second-order valence-corrected chi connectivity index (χ2v) is 6.95. The molecule has 3 rings (SSSR count). The van der Waals surface area contributed by atoms with Gasteiger partial charge >= 0.3 is 0 Å². The lowest BCUT2D eigenvalue weighted by Crippen LogP contribution is -2.13. The van der Waals surface area contributed by atoms with E-state index in [2.05, 4.69) is 11.4 Å². The SMILES string of the molecule is N#CC(c1ccccc1)c1ccc(NC(=O)Cc2cccs2)cc1Cl. The monoisotopic (exact) mass is 366 g/mol. The van der Waals surface area contributed by atoms with Gasteiger partial charge in [0.1, 0.15) is 0 Å². The fourth-order valence-electron chi connectivity index (χ4n) is 2.58. The van der Waals surface area contributed by atoms with Gasteiger partial charge in [0.25, 0.3) is 0 Å². The Kier molecular flexibility index (Phi) is 5.49. The largest absolute Gasteiger partial charge is 0.326 e. The van der Waals surface area contributed by atoms with Gasteiger partial charge in [-0.15, -0.1) is 11.3 Å². The lowest BCUT2D eigenvalue weighted by Gasteiger charge is -2.13. The van der Waals surface area contributed by atoms with Gasteiger partial charge in [-0.3, -0.25) is 4.79 Å². The molecule has 0 aliphatic heterocycles. The van der Waals surface area contributed by atoms with E-state index in [4.69, 9.17) is 11.6 Å². The van der Waals surface area contributed by atoms with E-state index in [0.29, 0.717) is 17.1 Å². The molecule has 0 spiro atoms. The maximum absolute atomic E-state index is 12.1. The van der Waals surface area contributed by atoms with Gasteiger partial charge in [0.05, 0.1) is 18.4 Å². The number of benzene rings is 2. The molecule has 1 heterocycles. The van der Waals surface area contributed by atoms with Gasteiger partial charge in [-0.05, 0) is 34.7 Å². The number of amides is 1. The van der Waals surface area contributed by atoms with Crippen LogP contribution in [-0.2, 0) is 11.2 Å². The number of nitrogens with zero attached hydrogens (tertiary/aromatic N) is 1. The second kappa shape index (κ2) is 7.98. The van der Waals surface area contributed by atoms with Crippen LogP contribution >= 0.6 is 22.9 Å². The van der Waals surface area contributed by atoms with E-state index in [1.165, 1.54) is 0 Å². The minimum Gasteiger partial charge on any atom is -0.326 e. The molecule has 0 aliphatic carbocycles. The van der Waals surface area contributed by atoms with Crippen molar-refractivity contribution in [1.29, 1.82) is 5.26 Å². The first kappa shape index (κ1) is 17.2. The third-order valence-electron chi connectivity index (χ3n) is 3.77. The molecule has 25 heavy (non-hydrogen) atoms. The third kappa shape index (κ3) is 4.27. The fraction of sp³-hybridized carbons (Fsp3) is 0.100. The number of hydrogen-bond acceptors (Lipinski definition) is 3. The lowest BCUT2D eigenvalue weighted by molar-refractivity contribution is -0.115. The molecule has 0 aliphatic rings. The summed E-state index contributed by atoms with van der Waals surface area (Å²) >= 11 is 7.93. The molecule has 0 fully saturated rings. The molecule has 0 radical (unpaired) electrons. The van der Waals surface area contributed by atoms with E-state index in [-0.39, 0.29) is 5.91 Å². The predicted octanol–water partition coefficient (Wildman–Crippen LogP) is 5.24. The van der Waals surface area contributed by atoms with E-state index in [0.717, 1.165) is 16.0 Å². The number of carbonyl (C=O) groups excluding carboxylic acids is 1. The Hall–Kier alpha value is -2.61. The molecule has 0 saturated carbocycles. The number of halogens is 1. The molecule has 3 aromatic rings. The molecule has 1 aromatic heterocycles. The number of thiophene rings is 1. The minimum absolute atomic E-state index is 0.0915. The first-order valence-corrected chi connectivity index (χ1v) is 8.99. The predicted molar refractivity (Wildman–Crippen MR) is 102 cm³/mol. The molecule has 2 aromatic carbocycles. The van der Waals surface area contributed by atoms with Crippen LogP contribution in [0.1, 0.15) is 21.9 Å². The molecular weight excluding hydrogens is 352 g/mol. The molecule has 1 unspecified atom stereocenters. The smallest absolute Gasteiger partial charge is 0.229 e. The van der Waals surface area contributed by atoms with Crippen LogP contribution in [0.15, 0.2) is 66.0 Å². The van der Waals surface area contributed by atoms with Crippen LogP contribution in [-0.4, -0.2) is 5.91 Å². The van der Waals surface area contributed by atoms with Gasteiger partial charge in [0.2, 0.25) is 5.91 Å². The van der Waals surface area contributed by atoms with Crippen LogP contribution < -0.4 is 5.32 Å². The highest BCUT2D eigenvalue weighted by Gasteiger charge is 2.17. The fourth-order valence-corrected chi connectivity index (χ4v) is 3.58. The number of carbonyl (C=O) groups is 1. The minimum atomic E-state index is -0.440. The Morgan fingerprint density at radius 1 is 1.16 bits per heavy atom. The molecule has 124 valence electrons. The van der Waals surface area contributed by atoms with Gasteiger partial charge < -0.3 is 5.32 Å². The average Bonchev–Trinajstić information content (AvgIpc) is 3.11. The zero-order chi connectivity index (χ0) is 17.6. The Morgan fingerprint density at radius 2 is 1.96 bits per heavy atom. The standard InChI is InChI=1S/C20H15ClN2OS/c21-19-11-15(23-20(24)12-16-7-4-10-25-16)8-9-17(19)18(13-22)14-5-2-1-3-6-14/h1-11,18H,12H2,(H,23,24). The zero-order valence-electron chi connectivity index (χ0n) is 13.3. The van der Waals surface area contributed by atoms with Crippen LogP contribution in [0.25, 0.3) is 0 Å². The van der Waals surface area contributed by atoms with Crippen LogP contribution in [0.4, 0.5) is 5.69 Å². The molecule has 1 N–H and O–H groups in total. The summed E-state index contributed by atoms with van der Waals surface area (Å²) < 4.78 is 0. The summed E-state index contributed by atoms with van der Waals surface area (Å²) in [6, 6.07) is 20.9. The number of hydrogen-bond donors (Lipinski definition) is 1. The number of rotatable bonds is 5. The van der Waals surface area contributed by atoms with Crippen LogP contribution in [0.3, 0.4) is 0 Å². The topological polar surface area (TPSA) is 52.9 Å². The highest BCUT2D eigenvalue weighted by Crippen LogP contribution is 2.31. The summed E-state index contributed by atoms with van der Waals surface area (Å²) in [7, 11) is 0. The van der Waals surface area contributed by atoms with E-state index in [1.54, 1.807) is 29.5 Å². The second-order valence-electron chi connectivity index (χ2n) is 5.51. The lowest BCUT2D eigenvalue weighted by atomic mass is 9.92. The number of nitriles is 1. The molecule has 1 amide bonds. The average molecular weight is 367 g/mol. The van der Waals surface area contributed by atoms with E-state index >= 15 is 0 Å². The highest BCUT2D eigenvalue weighted by atomic mass is 35.5. The first-order valence-electron chi connectivity index (χ1n) is 7.73. The summed E-state index contributed by atoms with van der Waals surface area (Å²) in [5, 5.41) is 14.8. The normalized spacial score (nSPS) is 11.5. The van der Waals surface area contributed by atoms with Gasteiger partial charge in [-0.25, -0.2) is 0 Å². The highest BCUT2D eigenvalue weighted by molar-refractivity contribution is 7.10. The van der Waals surface area contributed by atoms with Crippen LogP contribution in [0, 0.1) is 11.3 Å². The maximum atomic E-state index is 12.1. The molecule has 0 saturated heterocycles. The Morgan fingerprint density at radius 3 is 2.60 bits per heavy atom. The van der Waals surface area contributed by atoms with Crippen molar-refractivity contribution in [3.63, 3.8) is 0 Å². The van der Waals surface area contributed by atoms with Crippen molar-refractivity contribution in [2.45, 2.75) is 12.3 Å². The van der Waals surface area contributed by atoms with Crippen molar-refractivity contribution in [3.8, 4) is 6.07 Å². The van der Waals surface area contributed by atoms with Crippen molar-refractivity contribution in [1.82, 2.24) is 0 Å². The molecule has 0 bridgehead atoms. The van der Waals surface area contributed by atoms with Gasteiger partial charge in [0.15, 0.2) is 0 Å². The summed E-state index contributed by atoms with van der Waals surface area (Å²) in [4.78, 5) is 13.1. The van der Waals surface area contributed by atoms with Crippen molar-refractivity contribution < 1.29 is 4.79 Å². The van der Waals surface area contributed by atoms with Crippen LogP contribution in [0.5, 0.6) is 0 Å². The summed E-state index contributed by atoms with van der Waals surface area (Å²) in [5.41, 5.74) is 2.24. The zero-order valence-corrected chi connectivity index (χ0v) is 14.8. The summed E-state index contributed by atoms with van der Waals surface area (Å²) in [6.07, 6.45) is 0.335.